The molecule has 1 aromatic rings. The van der Waals surface area contributed by atoms with Crippen LogP contribution in [-0.4, -0.2) is 43.5 Å². The smallest absolute Gasteiger partial charge is 0.356 e. The first-order valence-corrected chi connectivity index (χ1v) is 7.11. The molecule has 0 fully saturated rings. The minimum atomic E-state index is -3.92. The van der Waals surface area contributed by atoms with E-state index in [0.717, 1.165) is 16.8 Å². The predicted molar refractivity (Wildman–Crippen MR) is 62.9 cm³/mol. The van der Waals surface area contributed by atoms with E-state index in [1.807, 2.05) is 0 Å². The van der Waals surface area contributed by atoms with Crippen LogP contribution in [0.3, 0.4) is 0 Å². The number of sulfonamides is 1. The summed E-state index contributed by atoms with van der Waals surface area (Å²) in [5.74, 6) is -1.68. The van der Waals surface area contributed by atoms with Crippen molar-refractivity contribution in [2.24, 2.45) is 0 Å². The molecule has 10 heteroatoms. The molecule has 18 heavy (non-hydrogen) atoms. The fourth-order valence-electron chi connectivity index (χ4n) is 1.06. The van der Waals surface area contributed by atoms with Crippen LogP contribution in [0.1, 0.15) is 17.4 Å². The predicted octanol–water partition coefficient (Wildman–Crippen LogP) is -0.744. The van der Waals surface area contributed by atoms with Crippen molar-refractivity contribution < 1.29 is 23.1 Å². The summed E-state index contributed by atoms with van der Waals surface area (Å²) in [5, 5.41) is 11.2. The Labute approximate surface area is 107 Å². The summed E-state index contributed by atoms with van der Waals surface area (Å²) >= 11 is 0.719. The standard InChI is InChI=1S/C8H11N3O5S2/c1-5(12)9-2-3-11-18(15,16)8-6(7(13)14)10-4-17-8/h4,11H,2-3H2,1H3,(H,9,12)(H,13,14). The number of aromatic nitrogens is 1. The molecule has 0 radical (unpaired) electrons. The lowest BCUT2D eigenvalue weighted by molar-refractivity contribution is -0.118. The van der Waals surface area contributed by atoms with Crippen LogP contribution in [0, 0.1) is 0 Å². The number of amides is 1. The van der Waals surface area contributed by atoms with E-state index in [1.54, 1.807) is 0 Å². The molecule has 0 aliphatic heterocycles. The highest BCUT2D eigenvalue weighted by Crippen LogP contribution is 2.19. The van der Waals surface area contributed by atoms with Gasteiger partial charge in [-0.15, -0.1) is 11.3 Å². The van der Waals surface area contributed by atoms with Crippen LogP contribution in [-0.2, 0) is 14.8 Å². The zero-order valence-corrected chi connectivity index (χ0v) is 11.0. The number of rotatable bonds is 6. The topological polar surface area (TPSA) is 125 Å². The fraction of sp³-hybridized carbons (Fsp3) is 0.375. The summed E-state index contributed by atoms with van der Waals surface area (Å²) in [7, 11) is -3.92. The van der Waals surface area contributed by atoms with Crippen molar-refractivity contribution >= 4 is 33.2 Å². The summed E-state index contributed by atoms with van der Waals surface area (Å²) in [4.78, 5) is 24.8. The second kappa shape index (κ2) is 5.89. The van der Waals surface area contributed by atoms with Crippen LogP contribution < -0.4 is 10.0 Å². The van der Waals surface area contributed by atoms with Crippen molar-refractivity contribution in [3.63, 3.8) is 0 Å². The van der Waals surface area contributed by atoms with E-state index < -0.39 is 21.7 Å². The van der Waals surface area contributed by atoms with E-state index in [1.165, 1.54) is 6.92 Å². The molecule has 1 amide bonds. The third-order valence-corrected chi connectivity index (χ3v) is 4.60. The van der Waals surface area contributed by atoms with Gasteiger partial charge in [0.15, 0.2) is 9.90 Å². The molecule has 0 bridgehead atoms. The van der Waals surface area contributed by atoms with Gasteiger partial charge in [0, 0.05) is 20.0 Å². The van der Waals surface area contributed by atoms with Gasteiger partial charge in [0.2, 0.25) is 5.91 Å². The maximum Gasteiger partial charge on any atom is 0.356 e. The molecule has 0 aliphatic carbocycles. The number of nitrogens with one attached hydrogen (secondary N) is 2. The van der Waals surface area contributed by atoms with E-state index in [2.05, 4.69) is 15.0 Å². The molecule has 0 saturated heterocycles. The number of hydrogen-bond donors (Lipinski definition) is 3. The Hall–Kier alpha value is -1.52. The Bertz CT molecular complexity index is 551. The van der Waals surface area contributed by atoms with Crippen molar-refractivity contribution in [3.8, 4) is 0 Å². The molecule has 1 rings (SSSR count). The average Bonchev–Trinajstić information content (AvgIpc) is 2.73. The first kappa shape index (κ1) is 14.5. The van der Waals surface area contributed by atoms with Crippen LogP contribution >= 0.6 is 11.3 Å². The molecule has 0 aromatic carbocycles. The van der Waals surface area contributed by atoms with Gasteiger partial charge in [-0.2, -0.15) is 0 Å². The van der Waals surface area contributed by atoms with Gasteiger partial charge in [0.05, 0.1) is 5.51 Å². The number of aromatic carboxylic acids is 1. The van der Waals surface area contributed by atoms with E-state index in [0.29, 0.717) is 0 Å². The van der Waals surface area contributed by atoms with Crippen LogP contribution in [0.15, 0.2) is 9.72 Å². The lowest BCUT2D eigenvalue weighted by Crippen LogP contribution is -2.33. The second-order valence-electron chi connectivity index (χ2n) is 3.17. The first-order valence-electron chi connectivity index (χ1n) is 4.75. The summed E-state index contributed by atoms with van der Waals surface area (Å²) in [6, 6.07) is 0. The Morgan fingerprint density at radius 2 is 2.11 bits per heavy atom. The molecule has 3 N–H and O–H groups in total. The Balaban J connectivity index is 2.72. The lowest BCUT2D eigenvalue weighted by atomic mass is 10.5. The zero-order chi connectivity index (χ0) is 13.8. The van der Waals surface area contributed by atoms with Crippen molar-refractivity contribution in [3.05, 3.63) is 11.2 Å². The summed E-state index contributed by atoms with van der Waals surface area (Å²) in [6.07, 6.45) is 0. The number of carbonyl (C=O) groups is 2. The number of nitrogens with zero attached hydrogens (tertiary/aromatic N) is 1. The van der Waals surface area contributed by atoms with Crippen LogP contribution in [0.4, 0.5) is 0 Å². The average molecular weight is 293 g/mol. The van der Waals surface area contributed by atoms with E-state index >= 15 is 0 Å². The molecule has 1 heterocycles. The second-order valence-corrected chi connectivity index (χ2v) is 5.99. The third kappa shape index (κ3) is 3.75. The van der Waals surface area contributed by atoms with Crippen LogP contribution in [0.2, 0.25) is 0 Å². The Morgan fingerprint density at radius 1 is 1.44 bits per heavy atom. The molecule has 0 atom stereocenters. The molecular formula is C8H11N3O5S2. The fourth-order valence-corrected chi connectivity index (χ4v) is 3.27. The zero-order valence-electron chi connectivity index (χ0n) is 9.34. The van der Waals surface area contributed by atoms with Gasteiger partial charge in [0.25, 0.3) is 10.0 Å². The van der Waals surface area contributed by atoms with Gasteiger partial charge < -0.3 is 10.4 Å². The largest absolute Gasteiger partial charge is 0.476 e. The lowest BCUT2D eigenvalue weighted by Gasteiger charge is -2.05. The van der Waals surface area contributed by atoms with Crippen LogP contribution in [0.25, 0.3) is 0 Å². The molecule has 0 spiro atoms. The molecular weight excluding hydrogens is 282 g/mol. The van der Waals surface area contributed by atoms with E-state index in [9.17, 15) is 18.0 Å². The molecule has 100 valence electrons. The number of carboxylic acid groups (broad SMARTS) is 1. The van der Waals surface area contributed by atoms with Crippen molar-refractivity contribution in [1.82, 2.24) is 15.0 Å². The summed E-state index contributed by atoms with van der Waals surface area (Å²) in [6.45, 7) is 1.40. The third-order valence-electron chi connectivity index (χ3n) is 1.77. The highest BCUT2D eigenvalue weighted by Gasteiger charge is 2.25. The van der Waals surface area contributed by atoms with Gasteiger partial charge >= 0.3 is 5.97 Å². The quantitative estimate of drug-likeness (QED) is 0.593. The molecule has 0 aliphatic rings. The highest BCUT2D eigenvalue weighted by molar-refractivity contribution is 7.91. The highest BCUT2D eigenvalue weighted by atomic mass is 32.2. The van der Waals surface area contributed by atoms with Crippen molar-refractivity contribution in [1.29, 1.82) is 0 Å². The summed E-state index contributed by atoms with van der Waals surface area (Å²) in [5.41, 5.74) is 0.637. The normalized spacial score (nSPS) is 11.2. The number of carbonyl (C=O) groups excluding carboxylic acids is 1. The Kier molecular flexibility index (Phi) is 4.76. The van der Waals surface area contributed by atoms with Crippen molar-refractivity contribution in [2.75, 3.05) is 13.1 Å². The molecule has 8 nitrogen and oxygen atoms in total. The number of thiazole rings is 1. The van der Waals surface area contributed by atoms with Gasteiger partial charge in [-0.1, -0.05) is 0 Å². The number of hydrogen-bond acceptors (Lipinski definition) is 6. The molecule has 0 unspecified atom stereocenters. The monoisotopic (exact) mass is 293 g/mol. The number of carboxylic acids is 1. The van der Waals surface area contributed by atoms with Gasteiger partial charge in [-0.3, -0.25) is 4.79 Å². The maximum absolute atomic E-state index is 11.7. The molecule has 0 saturated carbocycles. The van der Waals surface area contributed by atoms with Crippen molar-refractivity contribution in [2.45, 2.75) is 11.1 Å². The Morgan fingerprint density at radius 3 is 2.67 bits per heavy atom. The SMILES string of the molecule is CC(=O)NCCNS(=O)(=O)c1scnc1C(=O)O. The first-order chi connectivity index (χ1) is 8.34. The minimum Gasteiger partial charge on any atom is -0.476 e. The van der Waals surface area contributed by atoms with Crippen LogP contribution in [0.5, 0.6) is 0 Å². The van der Waals surface area contributed by atoms with Gasteiger partial charge in [0.1, 0.15) is 0 Å². The maximum atomic E-state index is 11.7. The minimum absolute atomic E-state index is 0.0289. The van der Waals surface area contributed by atoms with Gasteiger partial charge in [-0.05, 0) is 0 Å². The van der Waals surface area contributed by atoms with E-state index in [4.69, 9.17) is 5.11 Å². The van der Waals surface area contributed by atoms with E-state index in [-0.39, 0.29) is 23.2 Å². The summed E-state index contributed by atoms with van der Waals surface area (Å²) < 4.78 is 25.3. The van der Waals surface area contributed by atoms with Gasteiger partial charge in [-0.25, -0.2) is 22.9 Å². The molecule has 1 aromatic heterocycles.